The van der Waals surface area contributed by atoms with Gasteiger partial charge < -0.3 is 0 Å². The largest absolute Gasteiger partial charge is 0.253 e. The van der Waals surface area contributed by atoms with Crippen LogP contribution in [0.4, 0.5) is 0 Å². The standard InChI is InChI=1S/C5H13NS2/c1-5(2)8(7)6(3)4/h5H,1-4H3. The molecule has 0 aromatic carbocycles. The van der Waals surface area contributed by atoms with Crippen LogP contribution < -0.4 is 0 Å². The van der Waals surface area contributed by atoms with Crippen LogP contribution in [0.3, 0.4) is 0 Å². The highest BCUT2D eigenvalue weighted by Gasteiger charge is 2.00. The fourth-order valence-corrected chi connectivity index (χ4v) is 1.26. The molecular formula is C5H13NS2. The Labute approximate surface area is 58.8 Å². The van der Waals surface area contributed by atoms with E-state index in [9.17, 15) is 0 Å². The Kier molecular flexibility index (Phi) is 3.77. The summed E-state index contributed by atoms with van der Waals surface area (Å²) in [6.07, 6.45) is 0. The molecule has 0 spiro atoms. The van der Waals surface area contributed by atoms with Gasteiger partial charge in [0.1, 0.15) is 0 Å². The van der Waals surface area contributed by atoms with Crippen LogP contribution in [0, 0.1) is 0 Å². The van der Waals surface area contributed by atoms with Gasteiger partial charge in [-0.3, -0.25) is 4.31 Å². The number of rotatable bonds is 2. The molecule has 0 aromatic heterocycles. The lowest BCUT2D eigenvalue weighted by Crippen LogP contribution is -2.21. The first kappa shape index (κ1) is 8.53. The lowest BCUT2D eigenvalue weighted by Gasteiger charge is -2.15. The fourth-order valence-electron chi connectivity index (χ4n) is 0.422. The van der Waals surface area contributed by atoms with E-state index in [-0.39, 0.29) is 9.64 Å². The van der Waals surface area contributed by atoms with Gasteiger partial charge in [0.05, 0.1) is 0 Å². The van der Waals surface area contributed by atoms with Crippen molar-refractivity contribution in [2.75, 3.05) is 14.1 Å². The van der Waals surface area contributed by atoms with Gasteiger partial charge in [0, 0.05) is 5.25 Å². The van der Waals surface area contributed by atoms with E-state index in [1.54, 1.807) is 0 Å². The molecule has 0 rings (SSSR count). The third-order valence-electron chi connectivity index (χ3n) is 0.763. The maximum absolute atomic E-state index is 5.14. The van der Waals surface area contributed by atoms with Crippen molar-refractivity contribution < 1.29 is 0 Å². The van der Waals surface area contributed by atoms with E-state index >= 15 is 0 Å². The molecule has 0 N–H and O–H groups in total. The van der Waals surface area contributed by atoms with Crippen molar-refractivity contribution in [3.63, 3.8) is 0 Å². The summed E-state index contributed by atoms with van der Waals surface area (Å²) in [5, 5.41) is 0.611. The molecule has 50 valence electrons. The van der Waals surface area contributed by atoms with Gasteiger partial charge >= 0.3 is 0 Å². The van der Waals surface area contributed by atoms with Crippen molar-refractivity contribution >= 4 is 20.8 Å². The minimum atomic E-state index is 0.0432. The predicted octanol–water partition coefficient (Wildman–Crippen LogP) is 0.952. The van der Waals surface area contributed by atoms with Crippen LogP contribution >= 0.6 is 0 Å². The Morgan fingerprint density at radius 3 is 1.75 bits per heavy atom. The Hall–Kier alpha value is 0.530. The van der Waals surface area contributed by atoms with Gasteiger partial charge in [0.15, 0.2) is 0 Å². The molecule has 0 saturated carbocycles. The average Bonchev–Trinajstić information content (AvgIpc) is 1.64. The summed E-state index contributed by atoms with van der Waals surface area (Å²) in [6, 6.07) is 0. The molecular weight excluding hydrogens is 138 g/mol. The van der Waals surface area contributed by atoms with E-state index < -0.39 is 0 Å². The lowest BCUT2D eigenvalue weighted by molar-refractivity contribution is 0.690. The van der Waals surface area contributed by atoms with Crippen LogP contribution in [0.1, 0.15) is 13.8 Å². The van der Waals surface area contributed by atoms with E-state index in [0.29, 0.717) is 5.25 Å². The Balaban J connectivity index is 3.65. The maximum atomic E-state index is 5.14. The maximum Gasteiger partial charge on any atom is 0.0174 e. The first-order valence-corrected chi connectivity index (χ1v) is 4.80. The molecule has 8 heavy (non-hydrogen) atoms. The minimum Gasteiger partial charge on any atom is -0.253 e. The summed E-state index contributed by atoms with van der Waals surface area (Å²) < 4.78 is 2.08. The summed E-state index contributed by atoms with van der Waals surface area (Å²) in [6.45, 7) is 4.30. The second-order valence-corrected chi connectivity index (χ2v) is 5.39. The van der Waals surface area contributed by atoms with E-state index in [2.05, 4.69) is 18.2 Å². The zero-order valence-electron chi connectivity index (χ0n) is 5.84. The monoisotopic (exact) mass is 151 g/mol. The SMILES string of the molecule is CC(C)S(=S)N(C)C. The normalized spacial score (nSPS) is 15.2. The van der Waals surface area contributed by atoms with Crippen molar-refractivity contribution in [2.45, 2.75) is 19.1 Å². The van der Waals surface area contributed by atoms with E-state index in [0.717, 1.165) is 0 Å². The topological polar surface area (TPSA) is 3.24 Å². The van der Waals surface area contributed by atoms with Crippen molar-refractivity contribution in [1.82, 2.24) is 4.31 Å². The van der Waals surface area contributed by atoms with Gasteiger partial charge in [-0.05, 0) is 25.3 Å². The molecule has 0 amide bonds. The third-order valence-corrected chi connectivity index (χ3v) is 4.34. The zero-order valence-corrected chi connectivity index (χ0v) is 7.47. The first-order valence-electron chi connectivity index (χ1n) is 2.63. The predicted molar refractivity (Wildman–Crippen MR) is 43.6 cm³/mol. The highest BCUT2D eigenvalue weighted by Crippen LogP contribution is 1.96. The van der Waals surface area contributed by atoms with Gasteiger partial charge in [-0.15, -0.1) is 0 Å². The van der Waals surface area contributed by atoms with Crippen LogP contribution in [-0.2, 0) is 20.8 Å². The van der Waals surface area contributed by atoms with Crippen molar-refractivity contribution in [2.24, 2.45) is 0 Å². The van der Waals surface area contributed by atoms with Gasteiger partial charge in [-0.1, -0.05) is 23.5 Å². The van der Waals surface area contributed by atoms with Crippen LogP contribution in [-0.4, -0.2) is 23.7 Å². The van der Waals surface area contributed by atoms with Gasteiger partial charge in [-0.2, -0.15) is 0 Å². The van der Waals surface area contributed by atoms with E-state index in [1.807, 2.05) is 14.1 Å². The molecule has 0 saturated heterocycles. The van der Waals surface area contributed by atoms with Gasteiger partial charge in [0.2, 0.25) is 0 Å². The Bertz CT molecular complexity index is 78.4. The molecule has 1 nitrogen and oxygen atoms in total. The van der Waals surface area contributed by atoms with E-state index in [4.69, 9.17) is 11.2 Å². The Morgan fingerprint density at radius 1 is 1.38 bits per heavy atom. The molecule has 1 atom stereocenters. The smallest absolute Gasteiger partial charge is 0.0174 e. The summed E-state index contributed by atoms with van der Waals surface area (Å²) in [5.74, 6) is 0. The summed E-state index contributed by atoms with van der Waals surface area (Å²) in [4.78, 5) is 0. The van der Waals surface area contributed by atoms with E-state index in [1.165, 1.54) is 0 Å². The zero-order chi connectivity index (χ0) is 6.73. The molecule has 0 aromatic rings. The summed E-state index contributed by atoms with van der Waals surface area (Å²) in [7, 11) is 4.09. The molecule has 0 fully saturated rings. The third kappa shape index (κ3) is 2.74. The molecule has 0 heterocycles. The molecule has 0 aliphatic heterocycles. The first-order chi connectivity index (χ1) is 3.55. The second kappa shape index (κ2) is 3.54. The summed E-state index contributed by atoms with van der Waals surface area (Å²) in [5.41, 5.74) is 0. The number of hydrogen-bond donors (Lipinski definition) is 0. The van der Waals surface area contributed by atoms with Crippen molar-refractivity contribution in [3.8, 4) is 0 Å². The molecule has 0 aliphatic carbocycles. The Morgan fingerprint density at radius 2 is 1.75 bits per heavy atom. The fraction of sp³-hybridized carbons (Fsp3) is 1.00. The minimum absolute atomic E-state index is 0.0432. The summed E-state index contributed by atoms with van der Waals surface area (Å²) >= 11 is 5.14. The van der Waals surface area contributed by atoms with Crippen LogP contribution in [0.2, 0.25) is 0 Å². The van der Waals surface area contributed by atoms with Crippen LogP contribution in [0.5, 0.6) is 0 Å². The number of hydrogen-bond acceptors (Lipinski definition) is 1. The molecule has 1 unspecified atom stereocenters. The lowest BCUT2D eigenvalue weighted by atomic mass is 10.6. The number of nitrogens with zero attached hydrogens (tertiary/aromatic N) is 1. The van der Waals surface area contributed by atoms with Gasteiger partial charge in [0.25, 0.3) is 0 Å². The molecule has 3 heteroatoms. The van der Waals surface area contributed by atoms with Gasteiger partial charge in [-0.25, -0.2) is 0 Å². The van der Waals surface area contributed by atoms with Crippen LogP contribution in [0.25, 0.3) is 0 Å². The molecule has 0 aliphatic rings. The highest BCUT2D eigenvalue weighted by atomic mass is 32.8. The molecule has 0 bridgehead atoms. The molecule has 0 radical (unpaired) electrons. The second-order valence-electron chi connectivity index (χ2n) is 2.14. The van der Waals surface area contributed by atoms with Crippen molar-refractivity contribution in [3.05, 3.63) is 0 Å². The highest BCUT2D eigenvalue weighted by molar-refractivity contribution is 8.27. The quantitative estimate of drug-likeness (QED) is 0.578. The van der Waals surface area contributed by atoms with Crippen LogP contribution in [0.15, 0.2) is 0 Å². The average molecular weight is 151 g/mol. The van der Waals surface area contributed by atoms with Crippen molar-refractivity contribution in [1.29, 1.82) is 0 Å².